The number of hydrogen-bond donors (Lipinski definition) is 2. The zero-order valence-electron chi connectivity index (χ0n) is 18.5. The Labute approximate surface area is 190 Å². The third-order valence-corrected chi connectivity index (χ3v) is 6.68. The number of pyridine rings is 2. The molecule has 0 aromatic carbocycles. The van der Waals surface area contributed by atoms with E-state index in [1.807, 2.05) is 6.07 Å². The van der Waals surface area contributed by atoms with Crippen LogP contribution in [0, 0.1) is 0 Å². The molecule has 10 heteroatoms. The molecule has 0 aliphatic carbocycles. The predicted octanol–water partition coefficient (Wildman–Crippen LogP) is 3.00. The third-order valence-electron chi connectivity index (χ3n) is 6.68. The Morgan fingerprint density at radius 3 is 2.48 bits per heavy atom. The first-order valence-electron chi connectivity index (χ1n) is 11.2. The number of halogens is 3. The van der Waals surface area contributed by atoms with Gasteiger partial charge in [-0.2, -0.15) is 13.2 Å². The highest BCUT2D eigenvalue weighted by Gasteiger charge is 2.35. The molecule has 7 nitrogen and oxygen atoms in total. The number of nitrogens with zero attached hydrogens (tertiary/aromatic N) is 3. The van der Waals surface area contributed by atoms with E-state index in [0.717, 1.165) is 63.6 Å². The van der Waals surface area contributed by atoms with Gasteiger partial charge in [-0.15, -0.1) is 0 Å². The van der Waals surface area contributed by atoms with Crippen LogP contribution in [0.15, 0.2) is 35.3 Å². The fraction of sp³-hybridized carbons (Fsp3) is 0.522. The highest BCUT2D eigenvalue weighted by molar-refractivity contribution is 5.92. The van der Waals surface area contributed by atoms with Gasteiger partial charge in [-0.1, -0.05) is 0 Å². The first-order valence-corrected chi connectivity index (χ1v) is 11.2. The Hall–Kier alpha value is -2.88. The van der Waals surface area contributed by atoms with Crippen LogP contribution < -0.4 is 15.8 Å². The molecule has 4 heterocycles. The lowest BCUT2D eigenvalue weighted by Crippen LogP contribution is -2.48. The number of rotatable bonds is 4. The summed E-state index contributed by atoms with van der Waals surface area (Å²) in [7, 11) is 1.57. The van der Waals surface area contributed by atoms with Crippen LogP contribution in [0.4, 0.5) is 18.9 Å². The summed E-state index contributed by atoms with van der Waals surface area (Å²) >= 11 is 0. The van der Waals surface area contributed by atoms with Gasteiger partial charge >= 0.3 is 6.18 Å². The molecule has 1 amide bonds. The topological polar surface area (TPSA) is 81.3 Å². The van der Waals surface area contributed by atoms with Crippen LogP contribution in [0.25, 0.3) is 0 Å². The van der Waals surface area contributed by atoms with E-state index >= 15 is 0 Å². The van der Waals surface area contributed by atoms with E-state index in [1.165, 1.54) is 6.07 Å². The van der Waals surface area contributed by atoms with E-state index in [4.69, 9.17) is 0 Å². The van der Waals surface area contributed by atoms with Crippen molar-refractivity contribution in [3.63, 3.8) is 0 Å². The van der Waals surface area contributed by atoms with E-state index in [-0.39, 0.29) is 11.8 Å². The summed E-state index contributed by atoms with van der Waals surface area (Å²) in [6, 6.07) is 6.34. The summed E-state index contributed by atoms with van der Waals surface area (Å²) in [6.45, 7) is 3.41. The number of amides is 1. The van der Waals surface area contributed by atoms with Crippen molar-refractivity contribution in [2.45, 2.75) is 43.8 Å². The second-order valence-electron chi connectivity index (χ2n) is 8.69. The second-order valence-corrected chi connectivity index (χ2v) is 8.69. The van der Waals surface area contributed by atoms with Gasteiger partial charge in [-0.05, 0) is 56.5 Å². The van der Waals surface area contributed by atoms with E-state index < -0.39 is 17.3 Å². The summed E-state index contributed by atoms with van der Waals surface area (Å²) in [5, 5.41) is 2.56. The zero-order valence-corrected chi connectivity index (χ0v) is 18.5. The van der Waals surface area contributed by atoms with Gasteiger partial charge in [-0.3, -0.25) is 14.5 Å². The maximum atomic E-state index is 12.9. The van der Waals surface area contributed by atoms with Gasteiger partial charge in [0.05, 0.1) is 11.9 Å². The van der Waals surface area contributed by atoms with E-state index in [0.29, 0.717) is 17.4 Å². The van der Waals surface area contributed by atoms with Gasteiger partial charge in [0.25, 0.3) is 11.5 Å². The van der Waals surface area contributed by atoms with Gasteiger partial charge in [-0.25, -0.2) is 4.98 Å². The highest BCUT2D eigenvalue weighted by Crippen LogP contribution is 2.31. The lowest BCUT2D eigenvalue weighted by molar-refractivity contribution is -0.138. The highest BCUT2D eigenvalue weighted by atomic mass is 19.4. The predicted molar refractivity (Wildman–Crippen MR) is 118 cm³/mol. The average molecular weight is 464 g/mol. The molecule has 2 aromatic rings. The molecule has 2 N–H and O–H groups in total. The van der Waals surface area contributed by atoms with Crippen molar-refractivity contribution < 1.29 is 18.0 Å². The first-order chi connectivity index (χ1) is 15.8. The van der Waals surface area contributed by atoms with E-state index in [9.17, 15) is 22.8 Å². The van der Waals surface area contributed by atoms with E-state index in [2.05, 4.69) is 25.1 Å². The molecule has 33 heavy (non-hydrogen) atoms. The van der Waals surface area contributed by atoms with Gasteiger partial charge in [0.2, 0.25) is 0 Å². The molecular formula is C23H28F3N5O2. The molecule has 4 rings (SSSR count). The molecular weight excluding hydrogens is 435 g/mol. The van der Waals surface area contributed by atoms with Gasteiger partial charge in [0.1, 0.15) is 11.3 Å². The molecule has 178 valence electrons. The molecule has 2 aliphatic rings. The Morgan fingerprint density at radius 1 is 1.12 bits per heavy atom. The molecule has 0 bridgehead atoms. The van der Waals surface area contributed by atoms with Crippen molar-refractivity contribution in [2.24, 2.45) is 0 Å². The van der Waals surface area contributed by atoms with Gasteiger partial charge in [0.15, 0.2) is 0 Å². The number of likely N-dealkylation sites (tertiary alicyclic amines) is 1. The molecule has 0 saturated carbocycles. The number of H-pyrrole nitrogens is 1. The number of carbonyl (C=O) groups excluding carboxylic acids is 1. The normalized spacial score (nSPS) is 20.6. The van der Waals surface area contributed by atoms with Crippen LogP contribution >= 0.6 is 0 Å². The maximum Gasteiger partial charge on any atom is 0.421 e. The molecule has 2 fully saturated rings. The van der Waals surface area contributed by atoms with Crippen molar-refractivity contribution >= 4 is 11.6 Å². The molecule has 2 aromatic heterocycles. The van der Waals surface area contributed by atoms with Crippen LogP contribution in [0.5, 0.6) is 0 Å². The molecule has 0 radical (unpaired) electrons. The number of aromatic nitrogens is 2. The van der Waals surface area contributed by atoms with Crippen molar-refractivity contribution in [3.8, 4) is 0 Å². The molecule has 1 atom stereocenters. The van der Waals surface area contributed by atoms with Crippen molar-refractivity contribution in [1.82, 2.24) is 20.2 Å². The monoisotopic (exact) mass is 463 g/mol. The Balaban J connectivity index is 1.36. The summed E-state index contributed by atoms with van der Waals surface area (Å²) in [4.78, 5) is 35.0. The number of hydrogen-bond acceptors (Lipinski definition) is 5. The Bertz CT molecular complexity index is 1030. The van der Waals surface area contributed by atoms with Crippen molar-refractivity contribution in [3.05, 3.63) is 57.8 Å². The summed E-state index contributed by atoms with van der Waals surface area (Å²) in [5.74, 6) is -0.192. The summed E-state index contributed by atoms with van der Waals surface area (Å²) < 4.78 is 38.7. The van der Waals surface area contributed by atoms with Crippen LogP contribution in [0.1, 0.15) is 53.3 Å². The van der Waals surface area contributed by atoms with Crippen molar-refractivity contribution in [1.29, 1.82) is 0 Å². The average Bonchev–Trinajstić information content (AvgIpc) is 2.83. The number of piperidine rings is 2. The Morgan fingerprint density at radius 2 is 1.88 bits per heavy atom. The molecule has 2 aliphatic heterocycles. The minimum atomic E-state index is -4.64. The smallest absolute Gasteiger partial charge is 0.370 e. The second kappa shape index (κ2) is 9.54. The quantitative estimate of drug-likeness (QED) is 0.729. The SMILES string of the molecule is CNC(=O)c1ccc(N2CCC(N3CCCC(c4ccc(C(F)(F)F)c(=O)[nH]4)C3)CC2)cn1. The molecule has 2 saturated heterocycles. The minimum absolute atomic E-state index is 0.0215. The van der Waals surface area contributed by atoms with Crippen LogP contribution in [-0.2, 0) is 6.18 Å². The standard InChI is InChI=1S/C23H28F3N5O2/c1-27-22(33)20-6-4-17(13-28-20)30-11-8-16(9-12-30)31-10-2-3-15(14-31)19-7-5-18(21(32)29-19)23(24,25)26/h4-7,13,15-16H,2-3,8-12,14H2,1H3,(H,27,33)(H,29,32). The number of aromatic amines is 1. The van der Waals surface area contributed by atoms with Crippen LogP contribution in [-0.4, -0.2) is 60.0 Å². The van der Waals surface area contributed by atoms with Crippen LogP contribution in [0.3, 0.4) is 0 Å². The third kappa shape index (κ3) is 5.21. The lowest BCUT2D eigenvalue weighted by atomic mass is 9.91. The number of nitrogens with one attached hydrogen (secondary N) is 2. The molecule has 0 spiro atoms. The number of carbonyl (C=O) groups is 1. The summed E-state index contributed by atoms with van der Waals surface area (Å²) in [5.41, 5.74) is -0.264. The maximum absolute atomic E-state index is 12.9. The summed E-state index contributed by atoms with van der Waals surface area (Å²) in [6.07, 6.45) is 0.805. The molecule has 1 unspecified atom stereocenters. The van der Waals surface area contributed by atoms with Gasteiger partial charge < -0.3 is 15.2 Å². The van der Waals surface area contributed by atoms with E-state index in [1.54, 1.807) is 19.3 Å². The fourth-order valence-corrected chi connectivity index (χ4v) is 4.87. The van der Waals surface area contributed by atoms with Gasteiger partial charge in [0, 0.05) is 44.3 Å². The first kappa shape index (κ1) is 23.3. The number of anilines is 1. The number of alkyl halides is 3. The minimum Gasteiger partial charge on any atom is -0.370 e. The van der Waals surface area contributed by atoms with Crippen molar-refractivity contribution in [2.75, 3.05) is 38.1 Å². The van der Waals surface area contributed by atoms with Crippen LogP contribution in [0.2, 0.25) is 0 Å². The largest absolute Gasteiger partial charge is 0.421 e. The lowest BCUT2D eigenvalue weighted by Gasteiger charge is -2.42. The Kier molecular flexibility index (Phi) is 6.73. The fourth-order valence-electron chi connectivity index (χ4n) is 4.87. The zero-order chi connectivity index (χ0) is 23.6.